The summed E-state index contributed by atoms with van der Waals surface area (Å²) < 4.78 is 7.34. The van der Waals surface area contributed by atoms with Gasteiger partial charge in [0.15, 0.2) is 0 Å². The fraction of sp³-hybridized carbons (Fsp3) is 0.438. The Balaban J connectivity index is 2.10. The molecule has 0 aliphatic carbocycles. The van der Waals surface area contributed by atoms with Crippen LogP contribution in [0.15, 0.2) is 24.3 Å². The number of methoxy groups -OCH3 is 1. The van der Waals surface area contributed by atoms with E-state index in [1.165, 1.54) is 16.8 Å². The number of nitrogens with zero attached hydrogens (tertiary/aromatic N) is 2. The predicted octanol–water partition coefficient (Wildman–Crippen LogP) is 2.90. The van der Waals surface area contributed by atoms with Gasteiger partial charge in [0.05, 0.1) is 12.8 Å². The molecule has 0 spiro atoms. The molecule has 1 heterocycles. The molecule has 0 aliphatic rings. The number of aryl methyl sites for hydroxylation is 2. The Morgan fingerprint density at radius 3 is 2.60 bits per heavy atom. The van der Waals surface area contributed by atoms with Gasteiger partial charge in [0, 0.05) is 36.5 Å². The van der Waals surface area contributed by atoms with Crippen molar-refractivity contribution in [2.45, 2.75) is 33.4 Å². The lowest BCUT2D eigenvalue weighted by Gasteiger charge is -2.17. The number of hydrogen-bond acceptors (Lipinski definition) is 3. The Hall–Kier alpha value is -1.81. The third kappa shape index (κ3) is 2.85. The third-order valence-corrected chi connectivity index (χ3v) is 3.85. The van der Waals surface area contributed by atoms with Gasteiger partial charge in [-0.2, -0.15) is 5.10 Å². The van der Waals surface area contributed by atoms with Crippen molar-refractivity contribution in [3.63, 3.8) is 0 Å². The van der Waals surface area contributed by atoms with Crippen molar-refractivity contribution in [1.82, 2.24) is 15.1 Å². The Morgan fingerprint density at radius 2 is 2.00 bits per heavy atom. The van der Waals surface area contributed by atoms with E-state index in [0.717, 1.165) is 18.0 Å². The Kier molecular flexibility index (Phi) is 4.45. The number of ether oxygens (including phenoxy) is 1. The summed E-state index contributed by atoms with van der Waals surface area (Å²) in [5, 5.41) is 8.00. The third-order valence-electron chi connectivity index (χ3n) is 3.85. The van der Waals surface area contributed by atoms with E-state index in [9.17, 15) is 0 Å². The van der Waals surface area contributed by atoms with E-state index in [2.05, 4.69) is 37.3 Å². The molecule has 1 aromatic heterocycles. The monoisotopic (exact) mass is 273 g/mol. The average molecular weight is 273 g/mol. The first-order valence-electron chi connectivity index (χ1n) is 6.90. The fourth-order valence-corrected chi connectivity index (χ4v) is 2.46. The Bertz CT molecular complexity index is 589. The molecule has 0 saturated heterocycles. The fourth-order valence-electron chi connectivity index (χ4n) is 2.46. The maximum absolute atomic E-state index is 5.41. The lowest BCUT2D eigenvalue weighted by molar-refractivity contribution is 0.401. The molecule has 0 unspecified atom stereocenters. The van der Waals surface area contributed by atoms with Gasteiger partial charge >= 0.3 is 0 Å². The second kappa shape index (κ2) is 6.09. The molecule has 0 saturated carbocycles. The molecule has 20 heavy (non-hydrogen) atoms. The zero-order valence-corrected chi connectivity index (χ0v) is 12.9. The topological polar surface area (TPSA) is 39.1 Å². The van der Waals surface area contributed by atoms with Crippen LogP contribution in [0.4, 0.5) is 0 Å². The lowest BCUT2D eigenvalue weighted by atomic mass is 10.1. The molecule has 1 aromatic carbocycles. The van der Waals surface area contributed by atoms with E-state index in [1.807, 2.05) is 29.9 Å². The second-order valence-electron chi connectivity index (χ2n) is 5.12. The van der Waals surface area contributed by atoms with Crippen molar-refractivity contribution in [2.75, 3.05) is 7.11 Å². The van der Waals surface area contributed by atoms with Crippen LogP contribution in [0, 0.1) is 13.8 Å². The predicted molar refractivity (Wildman–Crippen MR) is 80.9 cm³/mol. The van der Waals surface area contributed by atoms with Crippen LogP contribution in [0.3, 0.4) is 0 Å². The highest BCUT2D eigenvalue weighted by Crippen LogP contribution is 2.25. The van der Waals surface area contributed by atoms with E-state index in [0.29, 0.717) is 0 Å². The van der Waals surface area contributed by atoms with E-state index >= 15 is 0 Å². The first kappa shape index (κ1) is 14.6. The number of para-hydroxylation sites is 1. The van der Waals surface area contributed by atoms with Gasteiger partial charge in [-0.25, -0.2) is 0 Å². The largest absolute Gasteiger partial charge is 0.496 e. The molecule has 0 aliphatic heterocycles. The molecule has 108 valence electrons. The van der Waals surface area contributed by atoms with Gasteiger partial charge in [-0.3, -0.25) is 4.68 Å². The Labute approximate surface area is 120 Å². The van der Waals surface area contributed by atoms with Crippen LogP contribution in [0.5, 0.6) is 5.75 Å². The van der Waals surface area contributed by atoms with Crippen molar-refractivity contribution in [2.24, 2.45) is 7.05 Å². The first-order valence-corrected chi connectivity index (χ1v) is 6.90. The van der Waals surface area contributed by atoms with Crippen LogP contribution in [0.2, 0.25) is 0 Å². The number of rotatable bonds is 5. The first-order chi connectivity index (χ1) is 9.54. The summed E-state index contributed by atoms with van der Waals surface area (Å²) in [7, 11) is 3.69. The molecule has 1 N–H and O–H groups in total. The van der Waals surface area contributed by atoms with E-state index < -0.39 is 0 Å². The minimum atomic E-state index is 0.227. The van der Waals surface area contributed by atoms with Gasteiger partial charge in [-0.1, -0.05) is 18.2 Å². The maximum atomic E-state index is 5.41. The van der Waals surface area contributed by atoms with Gasteiger partial charge in [-0.05, 0) is 26.8 Å². The van der Waals surface area contributed by atoms with Gasteiger partial charge < -0.3 is 10.1 Å². The van der Waals surface area contributed by atoms with Crippen LogP contribution in [-0.2, 0) is 13.6 Å². The maximum Gasteiger partial charge on any atom is 0.123 e. The highest BCUT2D eigenvalue weighted by molar-refractivity contribution is 5.35. The van der Waals surface area contributed by atoms with Crippen LogP contribution in [0.1, 0.15) is 35.5 Å². The molecule has 4 nitrogen and oxygen atoms in total. The summed E-state index contributed by atoms with van der Waals surface area (Å²) in [5.41, 5.74) is 4.75. The average Bonchev–Trinajstić information content (AvgIpc) is 2.70. The van der Waals surface area contributed by atoms with E-state index in [1.54, 1.807) is 7.11 Å². The molecule has 1 atom stereocenters. The quantitative estimate of drug-likeness (QED) is 0.910. The molecule has 0 radical (unpaired) electrons. The highest BCUT2D eigenvalue weighted by Gasteiger charge is 2.13. The standard InChI is InChI=1S/C16H23N3O/c1-11(14-8-6-7-9-16(14)20-5)17-10-15-12(2)18-19(4)13(15)3/h6-9,11,17H,10H2,1-5H3/t11-/m1/s1. The minimum Gasteiger partial charge on any atom is -0.496 e. The smallest absolute Gasteiger partial charge is 0.123 e. The van der Waals surface area contributed by atoms with Crippen LogP contribution < -0.4 is 10.1 Å². The van der Waals surface area contributed by atoms with Gasteiger partial charge in [0.1, 0.15) is 5.75 Å². The molecular formula is C16H23N3O. The molecule has 0 fully saturated rings. The van der Waals surface area contributed by atoms with Gasteiger partial charge in [-0.15, -0.1) is 0 Å². The summed E-state index contributed by atoms with van der Waals surface area (Å²) >= 11 is 0. The number of aromatic nitrogens is 2. The van der Waals surface area contributed by atoms with Crippen LogP contribution >= 0.6 is 0 Å². The van der Waals surface area contributed by atoms with Crippen molar-refractivity contribution in [3.05, 3.63) is 46.8 Å². The summed E-state index contributed by atoms with van der Waals surface area (Å²) in [6, 6.07) is 8.35. The second-order valence-corrected chi connectivity index (χ2v) is 5.12. The van der Waals surface area contributed by atoms with Crippen molar-refractivity contribution >= 4 is 0 Å². The molecule has 4 heteroatoms. The molecule has 0 bridgehead atoms. The number of hydrogen-bond donors (Lipinski definition) is 1. The summed E-state index contributed by atoms with van der Waals surface area (Å²) in [5.74, 6) is 0.923. The molecule has 2 aromatic rings. The zero-order valence-electron chi connectivity index (χ0n) is 12.9. The Morgan fingerprint density at radius 1 is 1.30 bits per heavy atom. The normalized spacial score (nSPS) is 12.4. The summed E-state index contributed by atoms with van der Waals surface area (Å²) in [6.07, 6.45) is 0. The van der Waals surface area contributed by atoms with Gasteiger partial charge in [0.2, 0.25) is 0 Å². The SMILES string of the molecule is COc1ccccc1[C@@H](C)NCc1c(C)nn(C)c1C. The summed E-state index contributed by atoms with van der Waals surface area (Å²) in [6.45, 7) is 7.12. The van der Waals surface area contributed by atoms with Crippen molar-refractivity contribution < 1.29 is 4.74 Å². The minimum absolute atomic E-state index is 0.227. The van der Waals surface area contributed by atoms with Crippen LogP contribution in [-0.4, -0.2) is 16.9 Å². The number of nitrogens with one attached hydrogen (secondary N) is 1. The molecule has 2 rings (SSSR count). The lowest BCUT2D eigenvalue weighted by Crippen LogP contribution is -2.19. The highest BCUT2D eigenvalue weighted by atomic mass is 16.5. The zero-order chi connectivity index (χ0) is 14.7. The van der Waals surface area contributed by atoms with Gasteiger partial charge in [0.25, 0.3) is 0 Å². The van der Waals surface area contributed by atoms with Crippen molar-refractivity contribution in [1.29, 1.82) is 0 Å². The van der Waals surface area contributed by atoms with Crippen LogP contribution in [0.25, 0.3) is 0 Å². The molecular weight excluding hydrogens is 250 g/mol. The van der Waals surface area contributed by atoms with Crippen molar-refractivity contribution in [3.8, 4) is 5.75 Å². The number of benzene rings is 1. The van der Waals surface area contributed by atoms with E-state index in [4.69, 9.17) is 4.74 Å². The van der Waals surface area contributed by atoms with E-state index in [-0.39, 0.29) is 6.04 Å². The summed E-state index contributed by atoms with van der Waals surface area (Å²) in [4.78, 5) is 0. The molecule has 0 amide bonds.